The fourth-order valence-electron chi connectivity index (χ4n) is 1.77. The van der Waals surface area contributed by atoms with Crippen LogP contribution in [0, 0.1) is 6.92 Å². The molecule has 0 atom stereocenters. The summed E-state index contributed by atoms with van der Waals surface area (Å²) < 4.78 is 10.4. The number of hydrogen-bond acceptors (Lipinski definition) is 4. The molecule has 0 saturated carbocycles. The normalized spacial score (nSPS) is 10.3. The van der Waals surface area contributed by atoms with E-state index in [1.54, 1.807) is 18.4 Å². The van der Waals surface area contributed by atoms with Gasteiger partial charge >= 0.3 is 0 Å². The Labute approximate surface area is 122 Å². The maximum absolute atomic E-state index is 11.6. The van der Waals surface area contributed by atoms with Crippen molar-refractivity contribution in [1.29, 1.82) is 0 Å². The van der Waals surface area contributed by atoms with Crippen LogP contribution in [0.1, 0.15) is 30.1 Å². The molecule has 112 valence electrons. The largest absolute Gasteiger partial charge is 0.467 e. The van der Waals surface area contributed by atoms with Gasteiger partial charge in [0.05, 0.1) is 19.4 Å². The lowest BCUT2D eigenvalue weighted by atomic mass is 10.2. The zero-order valence-corrected chi connectivity index (χ0v) is 11.8. The molecule has 0 aliphatic carbocycles. The minimum Gasteiger partial charge on any atom is -0.467 e. The van der Waals surface area contributed by atoms with Crippen molar-refractivity contribution in [3.05, 3.63) is 47.8 Å². The Kier molecular flexibility index (Phi) is 5.20. The molecule has 2 aromatic rings. The summed E-state index contributed by atoms with van der Waals surface area (Å²) in [5.74, 6) is 1.81. The first-order chi connectivity index (χ1) is 10.1. The summed E-state index contributed by atoms with van der Waals surface area (Å²) in [5.41, 5.74) is 0. The van der Waals surface area contributed by atoms with Crippen molar-refractivity contribution >= 4 is 11.8 Å². The molecule has 2 amide bonds. The minimum atomic E-state index is -0.185. The predicted molar refractivity (Wildman–Crippen MR) is 75.1 cm³/mol. The highest BCUT2D eigenvalue weighted by Crippen LogP contribution is 2.05. The average molecular weight is 290 g/mol. The van der Waals surface area contributed by atoms with Gasteiger partial charge in [0.1, 0.15) is 17.3 Å². The summed E-state index contributed by atoms with van der Waals surface area (Å²) in [6.07, 6.45) is 1.83. The number of amides is 2. The smallest absolute Gasteiger partial charge is 0.220 e. The average Bonchev–Trinajstić information content (AvgIpc) is 3.12. The van der Waals surface area contributed by atoms with E-state index in [1.807, 2.05) is 19.1 Å². The lowest BCUT2D eigenvalue weighted by Gasteiger charge is -2.04. The van der Waals surface area contributed by atoms with Crippen LogP contribution in [0.5, 0.6) is 0 Å². The SMILES string of the molecule is Cc1ccc(CNC(=O)CCC(=O)NCc2ccco2)o1. The zero-order valence-electron chi connectivity index (χ0n) is 11.8. The number of carbonyl (C=O) groups excluding carboxylic acids is 2. The number of carbonyl (C=O) groups is 2. The summed E-state index contributed by atoms with van der Waals surface area (Å²) >= 11 is 0. The molecule has 0 saturated heterocycles. The summed E-state index contributed by atoms with van der Waals surface area (Å²) in [5, 5.41) is 5.39. The maximum Gasteiger partial charge on any atom is 0.220 e. The maximum atomic E-state index is 11.6. The van der Waals surface area contributed by atoms with E-state index in [2.05, 4.69) is 10.6 Å². The molecule has 2 rings (SSSR count). The Bertz CT molecular complexity index is 587. The standard InChI is InChI=1S/C15H18N2O4/c1-11-4-5-13(21-11)10-17-15(19)7-6-14(18)16-9-12-3-2-8-20-12/h2-5,8H,6-7,9-10H2,1H3,(H,16,18)(H,17,19). The fourth-order valence-corrected chi connectivity index (χ4v) is 1.77. The van der Waals surface area contributed by atoms with Crippen LogP contribution in [0.25, 0.3) is 0 Å². The first-order valence-corrected chi connectivity index (χ1v) is 6.74. The van der Waals surface area contributed by atoms with Crippen LogP contribution in [0.2, 0.25) is 0 Å². The van der Waals surface area contributed by atoms with E-state index < -0.39 is 0 Å². The first-order valence-electron chi connectivity index (χ1n) is 6.74. The Morgan fingerprint density at radius 3 is 2.19 bits per heavy atom. The monoisotopic (exact) mass is 290 g/mol. The number of nitrogens with one attached hydrogen (secondary N) is 2. The molecular weight excluding hydrogens is 272 g/mol. The highest BCUT2D eigenvalue weighted by Gasteiger charge is 2.08. The molecule has 2 aromatic heterocycles. The van der Waals surface area contributed by atoms with Gasteiger partial charge in [0.15, 0.2) is 0 Å². The summed E-state index contributed by atoms with van der Waals surface area (Å²) in [6, 6.07) is 7.18. The zero-order chi connectivity index (χ0) is 15.1. The van der Waals surface area contributed by atoms with E-state index in [0.717, 1.165) is 5.76 Å². The molecule has 0 unspecified atom stereocenters. The van der Waals surface area contributed by atoms with E-state index in [9.17, 15) is 9.59 Å². The lowest BCUT2D eigenvalue weighted by molar-refractivity contribution is -0.126. The third-order valence-corrected chi connectivity index (χ3v) is 2.87. The van der Waals surface area contributed by atoms with E-state index in [1.165, 1.54) is 0 Å². The van der Waals surface area contributed by atoms with Gasteiger partial charge in [-0.25, -0.2) is 0 Å². The molecule has 2 heterocycles. The van der Waals surface area contributed by atoms with Gasteiger partial charge in [-0.2, -0.15) is 0 Å². The van der Waals surface area contributed by atoms with Crippen molar-refractivity contribution in [1.82, 2.24) is 10.6 Å². The van der Waals surface area contributed by atoms with E-state index in [-0.39, 0.29) is 24.7 Å². The Hall–Kier alpha value is -2.50. The van der Waals surface area contributed by atoms with Crippen LogP contribution in [0.4, 0.5) is 0 Å². The second-order valence-electron chi connectivity index (χ2n) is 4.65. The number of rotatable bonds is 7. The second kappa shape index (κ2) is 7.33. The molecule has 0 fully saturated rings. The molecule has 6 nitrogen and oxygen atoms in total. The molecule has 6 heteroatoms. The van der Waals surface area contributed by atoms with Gasteiger partial charge in [-0.1, -0.05) is 0 Å². The molecule has 0 spiro atoms. The highest BCUT2D eigenvalue weighted by molar-refractivity contribution is 5.83. The Balaban J connectivity index is 1.60. The Morgan fingerprint density at radius 2 is 1.67 bits per heavy atom. The summed E-state index contributed by atoms with van der Waals surface area (Å²) in [7, 11) is 0. The van der Waals surface area contributed by atoms with Crippen LogP contribution in [0.15, 0.2) is 39.4 Å². The molecule has 0 bridgehead atoms. The van der Waals surface area contributed by atoms with Crippen LogP contribution in [0.3, 0.4) is 0 Å². The van der Waals surface area contributed by atoms with E-state index >= 15 is 0 Å². The van der Waals surface area contributed by atoms with E-state index in [0.29, 0.717) is 24.6 Å². The van der Waals surface area contributed by atoms with Gasteiger partial charge in [0.2, 0.25) is 11.8 Å². The number of hydrogen-bond donors (Lipinski definition) is 2. The summed E-state index contributed by atoms with van der Waals surface area (Å²) in [4.78, 5) is 23.2. The van der Waals surface area contributed by atoms with Gasteiger partial charge < -0.3 is 19.5 Å². The third kappa shape index (κ3) is 5.18. The van der Waals surface area contributed by atoms with Gasteiger partial charge in [0, 0.05) is 12.8 Å². The van der Waals surface area contributed by atoms with Gasteiger partial charge in [-0.15, -0.1) is 0 Å². The topological polar surface area (TPSA) is 84.5 Å². The molecule has 0 aliphatic heterocycles. The van der Waals surface area contributed by atoms with Crippen molar-refractivity contribution in [3.8, 4) is 0 Å². The fraction of sp³-hybridized carbons (Fsp3) is 0.333. The minimum absolute atomic E-state index is 0.143. The first kappa shape index (κ1) is 14.9. The van der Waals surface area contributed by atoms with Crippen LogP contribution < -0.4 is 10.6 Å². The molecule has 0 aliphatic rings. The van der Waals surface area contributed by atoms with Crippen LogP contribution in [-0.4, -0.2) is 11.8 Å². The van der Waals surface area contributed by atoms with Crippen molar-refractivity contribution in [2.45, 2.75) is 32.9 Å². The molecular formula is C15H18N2O4. The van der Waals surface area contributed by atoms with Crippen molar-refractivity contribution < 1.29 is 18.4 Å². The molecule has 0 aromatic carbocycles. The lowest BCUT2D eigenvalue weighted by Crippen LogP contribution is -2.27. The molecule has 0 radical (unpaired) electrons. The van der Waals surface area contributed by atoms with Crippen molar-refractivity contribution in [2.75, 3.05) is 0 Å². The summed E-state index contributed by atoms with van der Waals surface area (Å²) in [6.45, 7) is 2.51. The third-order valence-electron chi connectivity index (χ3n) is 2.87. The number of aryl methyl sites for hydroxylation is 1. The highest BCUT2D eigenvalue weighted by atomic mass is 16.3. The van der Waals surface area contributed by atoms with Gasteiger partial charge in [0.25, 0.3) is 0 Å². The van der Waals surface area contributed by atoms with Crippen molar-refractivity contribution in [3.63, 3.8) is 0 Å². The quantitative estimate of drug-likeness (QED) is 0.815. The Morgan fingerprint density at radius 1 is 1.00 bits per heavy atom. The molecule has 2 N–H and O–H groups in total. The van der Waals surface area contributed by atoms with Crippen molar-refractivity contribution in [2.24, 2.45) is 0 Å². The van der Waals surface area contributed by atoms with E-state index in [4.69, 9.17) is 8.83 Å². The molecule has 21 heavy (non-hydrogen) atoms. The second-order valence-corrected chi connectivity index (χ2v) is 4.65. The van der Waals surface area contributed by atoms with Gasteiger partial charge in [-0.05, 0) is 31.2 Å². The number of furan rings is 2. The van der Waals surface area contributed by atoms with Crippen LogP contribution >= 0.6 is 0 Å². The van der Waals surface area contributed by atoms with Gasteiger partial charge in [-0.3, -0.25) is 9.59 Å². The van der Waals surface area contributed by atoms with Crippen LogP contribution in [-0.2, 0) is 22.7 Å². The predicted octanol–water partition coefficient (Wildman–Crippen LogP) is 1.89.